The first kappa shape index (κ1) is 8.94. The topological polar surface area (TPSA) is 35.0 Å². The molecule has 70 valence electrons. The fourth-order valence-corrected chi connectivity index (χ4v) is 1.85. The van der Waals surface area contributed by atoms with E-state index < -0.39 is 0 Å². The fraction of sp³-hybridized carbons (Fsp3) is 0.556. The van der Waals surface area contributed by atoms with Crippen molar-refractivity contribution in [1.82, 2.24) is 9.97 Å². The molecule has 0 saturated heterocycles. The second-order valence-electron chi connectivity index (χ2n) is 3.20. The molecule has 1 heterocycles. The Morgan fingerprint density at radius 3 is 2.77 bits per heavy atom. The highest BCUT2D eigenvalue weighted by Gasteiger charge is 2.16. The van der Waals surface area contributed by atoms with Gasteiger partial charge in [0, 0.05) is 6.07 Å². The lowest BCUT2D eigenvalue weighted by molar-refractivity contribution is 0.201. The van der Waals surface area contributed by atoms with Crippen LogP contribution in [-0.4, -0.2) is 16.1 Å². The monoisotopic (exact) mass is 242 g/mol. The summed E-state index contributed by atoms with van der Waals surface area (Å²) >= 11 is 3.28. The summed E-state index contributed by atoms with van der Waals surface area (Å²) in [4.78, 5) is 7.98. The molecule has 1 saturated carbocycles. The van der Waals surface area contributed by atoms with E-state index in [1.807, 2.05) is 0 Å². The summed E-state index contributed by atoms with van der Waals surface area (Å²) < 4.78 is 6.45. The van der Waals surface area contributed by atoms with Crippen molar-refractivity contribution in [3.05, 3.63) is 17.0 Å². The van der Waals surface area contributed by atoms with Crippen LogP contribution in [0.1, 0.15) is 25.7 Å². The maximum atomic E-state index is 5.68. The SMILES string of the molecule is Brc1cc(OC2CCCC2)ncn1. The van der Waals surface area contributed by atoms with E-state index in [9.17, 15) is 0 Å². The normalized spacial score (nSPS) is 17.6. The Balaban J connectivity index is 2.00. The van der Waals surface area contributed by atoms with Crippen molar-refractivity contribution in [2.75, 3.05) is 0 Å². The van der Waals surface area contributed by atoms with Gasteiger partial charge in [-0.05, 0) is 41.6 Å². The minimum absolute atomic E-state index is 0.363. The van der Waals surface area contributed by atoms with Crippen molar-refractivity contribution in [3.8, 4) is 5.88 Å². The lowest BCUT2D eigenvalue weighted by Crippen LogP contribution is -2.11. The summed E-state index contributed by atoms with van der Waals surface area (Å²) in [5.74, 6) is 0.675. The van der Waals surface area contributed by atoms with Crippen molar-refractivity contribution in [3.63, 3.8) is 0 Å². The Morgan fingerprint density at radius 1 is 1.31 bits per heavy atom. The van der Waals surface area contributed by atoms with Crippen LogP contribution < -0.4 is 4.74 Å². The molecule has 13 heavy (non-hydrogen) atoms. The molecule has 2 rings (SSSR count). The highest BCUT2D eigenvalue weighted by molar-refractivity contribution is 9.10. The van der Waals surface area contributed by atoms with E-state index in [1.54, 1.807) is 6.07 Å². The lowest BCUT2D eigenvalue weighted by atomic mass is 10.3. The zero-order chi connectivity index (χ0) is 9.10. The van der Waals surface area contributed by atoms with Crippen molar-refractivity contribution >= 4 is 15.9 Å². The van der Waals surface area contributed by atoms with Gasteiger partial charge in [0.25, 0.3) is 0 Å². The van der Waals surface area contributed by atoms with Gasteiger partial charge in [0.1, 0.15) is 17.0 Å². The van der Waals surface area contributed by atoms with Gasteiger partial charge in [0.05, 0.1) is 0 Å². The number of hydrogen-bond acceptors (Lipinski definition) is 3. The Labute approximate surface area is 85.7 Å². The van der Waals surface area contributed by atoms with Crippen LogP contribution in [-0.2, 0) is 0 Å². The smallest absolute Gasteiger partial charge is 0.217 e. The first-order chi connectivity index (χ1) is 6.34. The molecule has 1 aliphatic rings. The highest BCUT2D eigenvalue weighted by atomic mass is 79.9. The van der Waals surface area contributed by atoms with E-state index in [4.69, 9.17) is 4.74 Å². The van der Waals surface area contributed by atoms with Gasteiger partial charge >= 0.3 is 0 Å². The molecule has 1 fully saturated rings. The van der Waals surface area contributed by atoms with E-state index in [1.165, 1.54) is 19.2 Å². The largest absolute Gasteiger partial charge is 0.474 e. The van der Waals surface area contributed by atoms with Crippen molar-refractivity contribution in [2.45, 2.75) is 31.8 Å². The Hall–Kier alpha value is -0.640. The average molecular weight is 243 g/mol. The number of hydrogen-bond donors (Lipinski definition) is 0. The minimum Gasteiger partial charge on any atom is -0.474 e. The van der Waals surface area contributed by atoms with E-state index in [0.717, 1.165) is 17.4 Å². The summed E-state index contributed by atoms with van der Waals surface area (Å²) in [6, 6.07) is 1.80. The third-order valence-corrected chi connectivity index (χ3v) is 2.63. The molecule has 0 radical (unpaired) electrons. The maximum Gasteiger partial charge on any atom is 0.217 e. The molecule has 1 aromatic heterocycles. The summed E-state index contributed by atoms with van der Waals surface area (Å²) in [7, 11) is 0. The zero-order valence-electron chi connectivity index (χ0n) is 7.24. The number of aromatic nitrogens is 2. The lowest BCUT2D eigenvalue weighted by Gasteiger charge is -2.11. The Morgan fingerprint density at radius 2 is 2.08 bits per heavy atom. The quantitative estimate of drug-likeness (QED) is 0.748. The molecule has 4 heteroatoms. The average Bonchev–Trinajstić information content (AvgIpc) is 2.57. The van der Waals surface area contributed by atoms with Gasteiger partial charge in [0.2, 0.25) is 5.88 Å². The molecule has 1 aliphatic carbocycles. The number of nitrogens with zero attached hydrogens (tertiary/aromatic N) is 2. The van der Waals surface area contributed by atoms with Crippen LogP contribution in [0.3, 0.4) is 0 Å². The predicted octanol–water partition coefficient (Wildman–Crippen LogP) is 2.56. The number of halogens is 1. The van der Waals surface area contributed by atoms with E-state index in [2.05, 4.69) is 25.9 Å². The van der Waals surface area contributed by atoms with Gasteiger partial charge in [-0.1, -0.05) is 0 Å². The molecule has 0 aromatic carbocycles. The van der Waals surface area contributed by atoms with Gasteiger partial charge in [0.15, 0.2) is 0 Å². The molecule has 1 aromatic rings. The van der Waals surface area contributed by atoms with Gasteiger partial charge < -0.3 is 4.74 Å². The van der Waals surface area contributed by atoms with Crippen LogP contribution >= 0.6 is 15.9 Å². The van der Waals surface area contributed by atoms with E-state index >= 15 is 0 Å². The first-order valence-corrected chi connectivity index (χ1v) is 5.28. The molecule has 0 spiro atoms. The number of ether oxygens (including phenoxy) is 1. The van der Waals surface area contributed by atoms with Crippen LogP contribution in [0, 0.1) is 0 Å². The third kappa shape index (κ3) is 2.40. The standard InChI is InChI=1S/C9H11BrN2O/c10-8-5-9(12-6-11-8)13-7-3-1-2-4-7/h5-7H,1-4H2. The molecule has 0 unspecified atom stereocenters. The van der Waals surface area contributed by atoms with Gasteiger partial charge in [-0.25, -0.2) is 9.97 Å². The Kier molecular flexibility index (Phi) is 2.78. The number of rotatable bonds is 2. The molecule has 3 nitrogen and oxygen atoms in total. The van der Waals surface area contributed by atoms with E-state index in [0.29, 0.717) is 12.0 Å². The summed E-state index contributed by atoms with van der Waals surface area (Å²) in [5.41, 5.74) is 0. The maximum absolute atomic E-state index is 5.68. The second kappa shape index (κ2) is 4.05. The van der Waals surface area contributed by atoms with Crippen LogP contribution in [0.25, 0.3) is 0 Å². The molecule has 0 aliphatic heterocycles. The molecule has 0 atom stereocenters. The summed E-state index contributed by atoms with van der Waals surface area (Å²) in [6.07, 6.45) is 6.73. The van der Waals surface area contributed by atoms with Crippen molar-refractivity contribution < 1.29 is 4.74 Å². The molecule has 0 N–H and O–H groups in total. The first-order valence-electron chi connectivity index (χ1n) is 4.49. The van der Waals surface area contributed by atoms with Crippen LogP contribution in [0.5, 0.6) is 5.88 Å². The molecule has 0 amide bonds. The van der Waals surface area contributed by atoms with Crippen LogP contribution in [0.4, 0.5) is 0 Å². The second-order valence-corrected chi connectivity index (χ2v) is 4.02. The zero-order valence-corrected chi connectivity index (χ0v) is 8.83. The summed E-state index contributed by atoms with van der Waals surface area (Å²) in [6.45, 7) is 0. The predicted molar refractivity (Wildman–Crippen MR) is 52.6 cm³/mol. The van der Waals surface area contributed by atoms with Crippen molar-refractivity contribution in [1.29, 1.82) is 0 Å². The summed E-state index contributed by atoms with van der Waals surface area (Å²) in [5, 5.41) is 0. The van der Waals surface area contributed by atoms with Crippen molar-refractivity contribution in [2.24, 2.45) is 0 Å². The molecular formula is C9H11BrN2O. The fourth-order valence-electron chi connectivity index (χ4n) is 1.56. The third-order valence-electron chi connectivity index (χ3n) is 2.20. The highest BCUT2D eigenvalue weighted by Crippen LogP contribution is 2.23. The van der Waals surface area contributed by atoms with Gasteiger partial charge in [-0.3, -0.25) is 0 Å². The Bertz CT molecular complexity index is 287. The van der Waals surface area contributed by atoms with Crippen LogP contribution in [0.2, 0.25) is 0 Å². The van der Waals surface area contributed by atoms with Gasteiger partial charge in [-0.2, -0.15) is 0 Å². The molecule has 0 bridgehead atoms. The minimum atomic E-state index is 0.363. The molecular weight excluding hydrogens is 232 g/mol. The van der Waals surface area contributed by atoms with Gasteiger partial charge in [-0.15, -0.1) is 0 Å². The van der Waals surface area contributed by atoms with Crippen LogP contribution in [0.15, 0.2) is 17.0 Å². The van der Waals surface area contributed by atoms with E-state index in [-0.39, 0.29) is 0 Å².